The second kappa shape index (κ2) is 7.62. The van der Waals surface area contributed by atoms with Crippen LogP contribution in [-0.4, -0.2) is 33.9 Å². The molecule has 1 aliphatic rings. The van der Waals surface area contributed by atoms with E-state index in [9.17, 15) is 4.79 Å². The van der Waals surface area contributed by atoms with E-state index in [1.54, 1.807) is 12.4 Å². The first kappa shape index (κ1) is 16.7. The summed E-state index contributed by atoms with van der Waals surface area (Å²) in [5, 5.41) is 3.85. The van der Waals surface area contributed by atoms with Gasteiger partial charge >= 0.3 is 0 Å². The Morgan fingerprint density at radius 3 is 2.46 bits per heavy atom. The molecule has 0 bridgehead atoms. The van der Waals surface area contributed by atoms with Gasteiger partial charge in [0.25, 0.3) is 5.91 Å². The molecular weight excluding hydrogens is 324 g/mol. The molecule has 2 aromatic rings. The summed E-state index contributed by atoms with van der Waals surface area (Å²) in [6.07, 6.45) is 5.32. The minimum absolute atomic E-state index is 0.0196. The molecule has 0 aliphatic carbocycles. The van der Waals surface area contributed by atoms with Gasteiger partial charge in [0, 0.05) is 37.1 Å². The smallest absolute Gasteiger partial charge is 0.256 e. The normalized spacial score (nSPS) is 15.3. The van der Waals surface area contributed by atoms with Gasteiger partial charge in [-0.25, -0.2) is 9.97 Å². The maximum absolute atomic E-state index is 12.4. The maximum Gasteiger partial charge on any atom is 0.256 e. The third-order valence-electron chi connectivity index (χ3n) is 4.33. The van der Waals surface area contributed by atoms with Crippen molar-refractivity contribution in [2.45, 2.75) is 26.3 Å². The van der Waals surface area contributed by atoms with Gasteiger partial charge in [-0.2, -0.15) is 0 Å². The molecule has 2 heterocycles. The van der Waals surface area contributed by atoms with Crippen molar-refractivity contribution < 1.29 is 4.79 Å². The molecule has 0 unspecified atom stereocenters. The number of amides is 1. The highest BCUT2D eigenvalue weighted by atomic mass is 35.5. The molecule has 1 N–H and O–H groups in total. The number of likely N-dealkylation sites (tertiary alicyclic amines) is 1. The molecule has 1 aromatic carbocycles. The molecule has 1 saturated heterocycles. The zero-order valence-corrected chi connectivity index (χ0v) is 14.5. The Hall–Kier alpha value is -2.14. The Balaban J connectivity index is 1.56. The lowest BCUT2D eigenvalue weighted by molar-refractivity contribution is 0.0696. The zero-order valence-electron chi connectivity index (χ0n) is 13.7. The third kappa shape index (κ3) is 4.23. The first-order valence-electron chi connectivity index (χ1n) is 8.21. The minimum Gasteiger partial charge on any atom is -0.350 e. The van der Waals surface area contributed by atoms with Crippen molar-refractivity contribution in [3.63, 3.8) is 0 Å². The summed E-state index contributed by atoms with van der Waals surface area (Å²) < 4.78 is 0. The van der Waals surface area contributed by atoms with E-state index in [0.29, 0.717) is 29.0 Å². The Morgan fingerprint density at radius 2 is 1.83 bits per heavy atom. The molecule has 3 rings (SSSR count). The van der Waals surface area contributed by atoms with Gasteiger partial charge in [0.15, 0.2) is 0 Å². The largest absolute Gasteiger partial charge is 0.350 e. The lowest BCUT2D eigenvalue weighted by atomic mass is 9.99. The van der Waals surface area contributed by atoms with Crippen molar-refractivity contribution in [3.8, 4) is 0 Å². The van der Waals surface area contributed by atoms with Crippen molar-refractivity contribution in [1.29, 1.82) is 0 Å². The van der Waals surface area contributed by atoms with Crippen molar-refractivity contribution in [2.24, 2.45) is 5.92 Å². The number of benzene rings is 1. The quantitative estimate of drug-likeness (QED) is 0.920. The fourth-order valence-electron chi connectivity index (χ4n) is 2.71. The van der Waals surface area contributed by atoms with E-state index >= 15 is 0 Å². The molecule has 126 valence electrons. The monoisotopic (exact) mass is 344 g/mol. The standard InChI is InChI=1S/C18H21ClN4O/c1-13-6-8-23(9-7-13)17(24)15-11-21-18(22-12-15)20-10-14-2-4-16(19)5-3-14/h2-5,11-13H,6-10H2,1H3,(H,20,21,22). The van der Waals surface area contributed by atoms with Crippen LogP contribution in [0.4, 0.5) is 5.95 Å². The second-order valence-electron chi connectivity index (χ2n) is 6.25. The minimum atomic E-state index is 0.0196. The number of nitrogens with zero attached hydrogens (tertiary/aromatic N) is 3. The van der Waals surface area contributed by atoms with Gasteiger partial charge in [-0.15, -0.1) is 0 Å². The summed E-state index contributed by atoms with van der Waals surface area (Å²) in [6.45, 7) is 4.47. The number of carbonyl (C=O) groups excluding carboxylic acids is 1. The highest BCUT2D eigenvalue weighted by molar-refractivity contribution is 6.30. The number of aromatic nitrogens is 2. The number of carbonyl (C=O) groups is 1. The molecule has 6 heteroatoms. The van der Waals surface area contributed by atoms with Crippen LogP contribution in [0.1, 0.15) is 35.7 Å². The number of halogens is 1. The number of hydrogen-bond acceptors (Lipinski definition) is 4. The SMILES string of the molecule is CC1CCN(C(=O)c2cnc(NCc3ccc(Cl)cc3)nc2)CC1. The average molecular weight is 345 g/mol. The molecule has 24 heavy (non-hydrogen) atoms. The highest BCUT2D eigenvalue weighted by Crippen LogP contribution is 2.18. The first-order chi connectivity index (χ1) is 11.6. The van der Waals surface area contributed by atoms with Gasteiger partial charge in [-0.3, -0.25) is 4.79 Å². The van der Waals surface area contributed by atoms with Gasteiger partial charge in [-0.05, 0) is 36.5 Å². The van der Waals surface area contributed by atoms with E-state index in [0.717, 1.165) is 31.5 Å². The highest BCUT2D eigenvalue weighted by Gasteiger charge is 2.21. The Labute approximate surface area is 147 Å². The Kier molecular flexibility index (Phi) is 5.30. The van der Waals surface area contributed by atoms with Crippen LogP contribution in [0, 0.1) is 5.92 Å². The maximum atomic E-state index is 12.4. The van der Waals surface area contributed by atoms with Crippen LogP contribution in [0.2, 0.25) is 5.02 Å². The fraction of sp³-hybridized carbons (Fsp3) is 0.389. The van der Waals surface area contributed by atoms with E-state index in [1.807, 2.05) is 29.2 Å². The van der Waals surface area contributed by atoms with Crippen LogP contribution in [0.3, 0.4) is 0 Å². The molecule has 0 atom stereocenters. The van der Waals surface area contributed by atoms with Crippen molar-refractivity contribution in [1.82, 2.24) is 14.9 Å². The van der Waals surface area contributed by atoms with Gasteiger partial charge in [0.1, 0.15) is 0 Å². The van der Waals surface area contributed by atoms with E-state index < -0.39 is 0 Å². The number of piperidine rings is 1. The van der Waals surface area contributed by atoms with E-state index in [2.05, 4.69) is 22.2 Å². The molecule has 1 amide bonds. The lowest BCUT2D eigenvalue weighted by Crippen LogP contribution is -2.38. The van der Waals surface area contributed by atoms with Crippen LogP contribution in [0.15, 0.2) is 36.7 Å². The first-order valence-corrected chi connectivity index (χ1v) is 8.59. The molecular formula is C18H21ClN4O. The molecule has 0 saturated carbocycles. The lowest BCUT2D eigenvalue weighted by Gasteiger charge is -2.30. The summed E-state index contributed by atoms with van der Waals surface area (Å²) in [4.78, 5) is 22.8. The van der Waals surface area contributed by atoms with Crippen molar-refractivity contribution in [3.05, 3.63) is 52.8 Å². The van der Waals surface area contributed by atoms with Crippen LogP contribution in [0.5, 0.6) is 0 Å². The summed E-state index contributed by atoms with van der Waals surface area (Å²) in [7, 11) is 0. The van der Waals surface area contributed by atoms with Crippen molar-refractivity contribution >= 4 is 23.5 Å². The van der Waals surface area contributed by atoms with E-state index in [1.165, 1.54) is 0 Å². The molecule has 0 radical (unpaired) electrons. The molecule has 1 fully saturated rings. The number of hydrogen-bond donors (Lipinski definition) is 1. The fourth-order valence-corrected chi connectivity index (χ4v) is 2.83. The van der Waals surface area contributed by atoms with Gasteiger partial charge in [-0.1, -0.05) is 30.7 Å². The predicted octanol–water partition coefficient (Wildman–Crippen LogP) is 3.61. The summed E-state index contributed by atoms with van der Waals surface area (Å²) >= 11 is 5.87. The summed E-state index contributed by atoms with van der Waals surface area (Å²) in [5.41, 5.74) is 1.63. The van der Waals surface area contributed by atoms with Gasteiger partial charge in [0.2, 0.25) is 5.95 Å². The summed E-state index contributed by atoms with van der Waals surface area (Å²) in [5.74, 6) is 1.23. The topological polar surface area (TPSA) is 58.1 Å². The predicted molar refractivity (Wildman–Crippen MR) is 95.1 cm³/mol. The van der Waals surface area contributed by atoms with Crippen LogP contribution >= 0.6 is 11.6 Å². The number of nitrogens with one attached hydrogen (secondary N) is 1. The molecule has 1 aromatic heterocycles. The van der Waals surface area contributed by atoms with Crippen molar-refractivity contribution in [2.75, 3.05) is 18.4 Å². The molecule has 5 nitrogen and oxygen atoms in total. The van der Waals surface area contributed by atoms with E-state index in [4.69, 9.17) is 11.6 Å². The average Bonchev–Trinajstić information content (AvgIpc) is 2.62. The second-order valence-corrected chi connectivity index (χ2v) is 6.69. The molecule has 1 aliphatic heterocycles. The zero-order chi connectivity index (χ0) is 16.9. The van der Waals surface area contributed by atoms with Gasteiger partial charge < -0.3 is 10.2 Å². The van der Waals surface area contributed by atoms with Crippen LogP contribution < -0.4 is 5.32 Å². The third-order valence-corrected chi connectivity index (χ3v) is 4.59. The Morgan fingerprint density at radius 1 is 1.21 bits per heavy atom. The Bertz CT molecular complexity index is 679. The van der Waals surface area contributed by atoms with E-state index in [-0.39, 0.29) is 5.91 Å². The van der Waals surface area contributed by atoms with Gasteiger partial charge in [0.05, 0.1) is 5.56 Å². The summed E-state index contributed by atoms with van der Waals surface area (Å²) in [6, 6.07) is 7.59. The van der Waals surface area contributed by atoms with Crippen LogP contribution in [0.25, 0.3) is 0 Å². The number of rotatable bonds is 4. The van der Waals surface area contributed by atoms with Crippen LogP contribution in [-0.2, 0) is 6.54 Å². The number of anilines is 1. The molecule has 0 spiro atoms.